The Morgan fingerprint density at radius 3 is 2.43 bits per heavy atom. The first-order valence-corrected chi connectivity index (χ1v) is 6.30. The number of carbonyl (C=O) groups excluding carboxylic acids is 1. The van der Waals surface area contributed by atoms with Crippen LogP contribution in [0.2, 0.25) is 0 Å². The van der Waals surface area contributed by atoms with Gasteiger partial charge in [-0.1, -0.05) is 35.5 Å². The van der Waals surface area contributed by atoms with Crippen LogP contribution < -0.4 is 16.0 Å². The van der Waals surface area contributed by atoms with Crippen molar-refractivity contribution in [3.63, 3.8) is 0 Å². The molecule has 0 unspecified atom stereocenters. The molecule has 21 heavy (non-hydrogen) atoms. The average molecular weight is 284 g/mol. The first-order valence-electron chi connectivity index (χ1n) is 6.30. The van der Waals surface area contributed by atoms with Crippen LogP contribution in [0, 0.1) is 0 Å². The normalized spacial score (nSPS) is 11.0. The summed E-state index contributed by atoms with van der Waals surface area (Å²) in [5, 5.41) is 14.6. The van der Waals surface area contributed by atoms with E-state index >= 15 is 0 Å². The topological polar surface area (TPSA) is 91.0 Å². The van der Waals surface area contributed by atoms with Crippen LogP contribution in [0.1, 0.15) is 5.56 Å². The van der Waals surface area contributed by atoms with Crippen LogP contribution in [-0.2, 0) is 0 Å². The Labute approximate surface area is 122 Å². The molecule has 0 fully saturated rings. The summed E-state index contributed by atoms with van der Waals surface area (Å²) in [6.45, 7) is 0. The number of para-hydroxylation sites is 2. The molecule has 0 aliphatic heterocycles. The molecule has 2 rings (SSSR count). The van der Waals surface area contributed by atoms with E-state index in [4.69, 9.17) is 10.9 Å². The van der Waals surface area contributed by atoms with E-state index in [1.807, 2.05) is 18.2 Å². The third-order valence-electron chi connectivity index (χ3n) is 2.98. The number of carbonyl (C=O) groups is 1. The molecule has 0 bridgehead atoms. The number of nitrogens with two attached hydrogens (primary N) is 1. The SMILES string of the molecule is CN(C(=O)Nc1ccccc1)c1ccccc1/C(N)=N/O. The lowest BCUT2D eigenvalue weighted by Crippen LogP contribution is -2.33. The maximum absolute atomic E-state index is 12.2. The zero-order valence-corrected chi connectivity index (χ0v) is 11.5. The van der Waals surface area contributed by atoms with Gasteiger partial charge < -0.3 is 16.3 Å². The van der Waals surface area contributed by atoms with Crippen molar-refractivity contribution in [3.8, 4) is 0 Å². The van der Waals surface area contributed by atoms with Crippen LogP contribution in [0.15, 0.2) is 59.8 Å². The first kappa shape index (κ1) is 14.4. The van der Waals surface area contributed by atoms with Crippen molar-refractivity contribution >= 4 is 23.2 Å². The molecule has 6 nitrogen and oxygen atoms in total. The minimum atomic E-state index is -0.320. The highest BCUT2D eigenvalue weighted by molar-refractivity contribution is 6.08. The van der Waals surface area contributed by atoms with E-state index in [1.54, 1.807) is 43.4 Å². The van der Waals surface area contributed by atoms with E-state index in [1.165, 1.54) is 4.90 Å². The molecular weight excluding hydrogens is 268 g/mol. The van der Waals surface area contributed by atoms with Crippen LogP contribution in [0.25, 0.3) is 0 Å². The van der Waals surface area contributed by atoms with Gasteiger partial charge in [-0.2, -0.15) is 0 Å². The molecule has 2 amide bonds. The van der Waals surface area contributed by atoms with E-state index in [0.717, 1.165) is 0 Å². The molecule has 4 N–H and O–H groups in total. The zero-order valence-electron chi connectivity index (χ0n) is 11.5. The fourth-order valence-electron chi connectivity index (χ4n) is 1.87. The Bertz CT molecular complexity index is 656. The monoisotopic (exact) mass is 284 g/mol. The lowest BCUT2D eigenvalue weighted by Gasteiger charge is -2.20. The van der Waals surface area contributed by atoms with Crippen LogP contribution in [-0.4, -0.2) is 24.1 Å². The molecule has 0 heterocycles. The standard InChI is InChI=1S/C15H16N4O2/c1-19(15(20)17-11-7-3-2-4-8-11)13-10-6-5-9-12(13)14(16)18-21/h2-10,21H,1H3,(H2,16,18)(H,17,20). The Balaban J connectivity index is 2.24. The number of anilines is 2. The Hall–Kier alpha value is -3.02. The quantitative estimate of drug-likeness (QED) is 0.350. The number of benzene rings is 2. The predicted octanol–water partition coefficient (Wildman–Crippen LogP) is 2.45. The smallest absolute Gasteiger partial charge is 0.326 e. The van der Waals surface area contributed by atoms with Gasteiger partial charge in [0.15, 0.2) is 5.84 Å². The fourth-order valence-corrected chi connectivity index (χ4v) is 1.87. The third-order valence-corrected chi connectivity index (χ3v) is 2.98. The fraction of sp³-hybridized carbons (Fsp3) is 0.0667. The van der Waals surface area contributed by atoms with E-state index in [0.29, 0.717) is 16.9 Å². The summed E-state index contributed by atoms with van der Waals surface area (Å²) < 4.78 is 0. The molecule has 2 aromatic rings. The third kappa shape index (κ3) is 3.30. The molecule has 0 aliphatic rings. The summed E-state index contributed by atoms with van der Waals surface area (Å²) in [5.41, 5.74) is 7.34. The number of nitrogens with zero attached hydrogens (tertiary/aromatic N) is 2. The summed E-state index contributed by atoms with van der Waals surface area (Å²) in [7, 11) is 1.61. The van der Waals surface area contributed by atoms with Crippen LogP contribution >= 0.6 is 0 Å². The molecule has 0 spiro atoms. The average Bonchev–Trinajstić information content (AvgIpc) is 2.54. The highest BCUT2D eigenvalue weighted by Gasteiger charge is 2.16. The van der Waals surface area contributed by atoms with Crippen LogP contribution in [0.3, 0.4) is 0 Å². The van der Waals surface area contributed by atoms with Gasteiger partial charge in [0.25, 0.3) is 0 Å². The van der Waals surface area contributed by atoms with Crippen molar-refractivity contribution < 1.29 is 10.0 Å². The van der Waals surface area contributed by atoms with E-state index in [9.17, 15) is 4.79 Å². The lowest BCUT2D eigenvalue weighted by molar-refractivity contribution is 0.258. The summed E-state index contributed by atoms with van der Waals surface area (Å²) in [4.78, 5) is 13.7. The Kier molecular flexibility index (Phi) is 4.40. The van der Waals surface area contributed by atoms with Crippen LogP contribution in [0.4, 0.5) is 16.2 Å². The van der Waals surface area contributed by atoms with Crippen molar-refractivity contribution in [1.29, 1.82) is 0 Å². The first-order chi connectivity index (χ1) is 10.1. The number of urea groups is 1. The minimum absolute atomic E-state index is 0.0510. The largest absolute Gasteiger partial charge is 0.409 e. The second kappa shape index (κ2) is 6.42. The number of amidine groups is 1. The van der Waals surface area contributed by atoms with Gasteiger partial charge in [0, 0.05) is 18.3 Å². The number of hydrogen-bond donors (Lipinski definition) is 3. The number of oxime groups is 1. The zero-order chi connectivity index (χ0) is 15.2. The van der Waals surface area contributed by atoms with Crippen molar-refractivity contribution in [1.82, 2.24) is 0 Å². The van der Waals surface area contributed by atoms with Crippen molar-refractivity contribution in [2.24, 2.45) is 10.9 Å². The van der Waals surface area contributed by atoms with Crippen molar-refractivity contribution in [2.45, 2.75) is 0 Å². The second-order valence-corrected chi connectivity index (χ2v) is 4.36. The number of hydrogen-bond acceptors (Lipinski definition) is 3. The van der Waals surface area contributed by atoms with Gasteiger partial charge in [0.1, 0.15) is 0 Å². The van der Waals surface area contributed by atoms with Gasteiger partial charge in [-0.15, -0.1) is 0 Å². The van der Waals surface area contributed by atoms with Gasteiger partial charge in [-0.3, -0.25) is 4.90 Å². The van der Waals surface area contributed by atoms with Gasteiger partial charge in [-0.25, -0.2) is 4.79 Å². The number of nitrogens with one attached hydrogen (secondary N) is 1. The van der Waals surface area contributed by atoms with E-state index in [2.05, 4.69) is 10.5 Å². The summed E-state index contributed by atoms with van der Waals surface area (Å²) in [6.07, 6.45) is 0. The highest BCUT2D eigenvalue weighted by atomic mass is 16.4. The predicted molar refractivity (Wildman–Crippen MR) is 82.8 cm³/mol. The van der Waals surface area contributed by atoms with E-state index < -0.39 is 0 Å². The highest BCUT2D eigenvalue weighted by Crippen LogP contribution is 2.20. The van der Waals surface area contributed by atoms with Gasteiger partial charge in [0.05, 0.1) is 5.69 Å². The Morgan fingerprint density at radius 1 is 1.14 bits per heavy atom. The molecular formula is C15H16N4O2. The summed E-state index contributed by atoms with van der Waals surface area (Å²) in [6, 6.07) is 15.7. The maximum atomic E-state index is 12.2. The molecule has 0 atom stereocenters. The molecule has 6 heteroatoms. The second-order valence-electron chi connectivity index (χ2n) is 4.36. The molecule has 108 valence electrons. The van der Waals surface area contributed by atoms with Crippen molar-refractivity contribution in [2.75, 3.05) is 17.3 Å². The van der Waals surface area contributed by atoms with Gasteiger partial charge >= 0.3 is 6.03 Å². The number of rotatable bonds is 3. The summed E-state index contributed by atoms with van der Waals surface area (Å²) >= 11 is 0. The summed E-state index contributed by atoms with van der Waals surface area (Å²) in [5.74, 6) is -0.0510. The van der Waals surface area contributed by atoms with Crippen molar-refractivity contribution in [3.05, 3.63) is 60.2 Å². The molecule has 0 radical (unpaired) electrons. The number of amides is 2. The molecule has 0 saturated carbocycles. The molecule has 0 saturated heterocycles. The van der Waals surface area contributed by atoms with Crippen LogP contribution in [0.5, 0.6) is 0 Å². The molecule has 2 aromatic carbocycles. The Morgan fingerprint density at radius 2 is 1.76 bits per heavy atom. The van der Waals surface area contributed by atoms with Gasteiger partial charge in [-0.05, 0) is 24.3 Å². The lowest BCUT2D eigenvalue weighted by atomic mass is 10.1. The molecule has 0 aromatic heterocycles. The van der Waals surface area contributed by atoms with E-state index in [-0.39, 0.29) is 11.9 Å². The maximum Gasteiger partial charge on any atom is 0.326 e. The minimum Gasteiger partial charge on any atom is -0.409 e. The van der Waals surface area contributed by atoms with Gasteiger partial charge in [0.2, 0.25) is 0 Å². The molecule has 0 aliphatic carbocycles.